The monoisotopic (exact) mass is 519 g/mol. The zero-order chi connectivity index (χ0) is 24.5. The van der Waals surface area contributed by atoms with Crippen molar-refractivity contribution in [1.82, 2.24) is 5.43 Å². The molecule has 0 saturated carbocycles. The van der Waals surface area contributed by atoms with Crippen molar-refractivity contribution in [2.45, 2.75) is 6.92 Å². The highest BCUT2D eigenvalue weighted by Gasteiger charge is 2.10. The van der Waals surface area contributed by atoms with E-state index in [2.05, 4.69) is 15.8 Å². The van der Waals surface area contributed by atoms with Gasteiger partial charge in [0.1, 0.15) is 16.5 Å². The molecule has 0 saturated heterocycles. The molecule has 10 heteroatoms. The van der Waals surface area contributed by atoms with Crippen molar-refractivity contribution in [1.29, 1.82) is 0 Å². The Morgan fingerprint density at radius 3 is 2.38 bits per heavy atom. The number of hydrogen-bond donors (Lipinski definition) is 2. The lowest BCUT2D eigenvalue weighted by atomic mass is 10.2. The van der Waals surface area contributed by atoms with Crippen LogP contribution in [0.4, 0.5) is 5.69 Å². The van der Waals surface area contributed by atoms with Crippen molar-refractivity contribution in [3.63, 3.8) is 0 Å². The molecule has 0 radical (unpaired) electrons. The zero-order valence-corrected chi connectivity index (χ0v) is 20.2. The molecule has 0 aliphatic carbocycles. The number of anilines is 1. The Morgan fingerprint density at radius 2 is 1.65 bits per heavy atom. The van der Waals surface area contributed by atoms with Crippen LogP contribution >= 0.6 is 34.8 Å². The summed E-state index contributed by atoms with van der Waals surface area (Å²) in [5, 5.41) is 7.40. The molecule has 0 atom stereocenters. The zero-order valence-electron chi connectivity index (χ0n) is 18.0. The van der Waals surface area contributed by atoms with Gasteiger partial charge in [0.25, 0.3) is 11.8 Å². The number of ether oxygens (including phenoxy) is 2. The molecule has 0 aliphatic rings. The lowest BCUT2D eigenvalue weighted by Gasteiger charge is -2.09. The van der Waals surface area contributed by atoms with Crippen molar-refractivity contribution in [2.24, 2.45) is 5.10 Å². The van der Waals surface area contributed by atoms with Gasteiger partial charge in [-0.15, -0.1) is 0 Å². The van der Waals surface area contributed by atoms with E-state index in [1.54, 1.807) is 24.3 Å². The summed E-state index contributed by atoms with van der Waals surface area (Å²) in [4.78, 5) is 24.0. The number of amides is 2. The average molecular weight is 521 g/mol. The number of hydrogen-bond acceptors (Lipinski definition) is 5. The minimum absolute atomic E-state index is 0.125. The summed E-state index contributed by atoms with van der Waals surface area (Å²) >= 11 is 17.8. The molecule has 34 heavy (non-hydrogen) atoms. The van der Waals surface area contributed by atoms with E-state index in [1.165, 1.54) is 18.3 Å². The number of rotatable bonds is 9. The van der Waals surface area contributed by atoms with Crippen molar-refractivity contribution in [3.05, 3.63) is 86.9 Å². The Bertz CT molecular complexity index is 1200. The topological polar surface area (TPSA) is 89.0 Å². The van der Waals surface area contributed by atoms with Gasteiger partial charge in [0, 0.05) is 16.8 Å². The maximum atomic E-state index is 12.1. The number of carbonyl (C=O) groups excluding carboxylic acids is 2. The second kappa shape index (κ2) is 12.3. The van der Waals surface area contributed by atoms with Crippen LogP contribution < -0.4 is 20.2 Å². The standard InChI is InChI=1S/C24H20Cl3N3O4/c1-15-4-2-3-5-20(15)29-22(31)13-33-18-8-6-16(7-9-18)12-28-30-23(32)14-34-21-11-17(25)10-19(26)24(21)27/h2-12H,13-14H2,1H3,(H,29,31)(H,30,32)/b28-12-. The minimum Gasteiger partial charge on any atom is -0.484 e. The van der Waals surface area contributed by atoms with Crippen molar-refractivity contribution >= 4 is 58.5 Å². The summed E-state index contributed by atoms with van der Waals surface area (Å²) in [6, 6.07) is 17.3. The Labute approximate surface area is 211 Å². The van der Waals surface area contributed by atoms with Gasteiger partial charge in [0.2, 0.25) is 0 Å². The van der Waals surface area contributed by atoms with Gasteiger partial charge in [-0.1, -0.05) is 53.0 Å². The van der Waals surface area contributed by atoms with Crippen LogP contribution in [0.3, 0.4) is 0 Å². The molecule has 0 heterocycles. The molecule has 0 unspecified atom stereocenters. The van der Waals surface area contributed by atoms with E-state index in [1.807, 2.05) is 31.2 Å². The van der Waals surface area contributed by atoms with Gasteiger partial charge in [0.15, 0.2) is 13.2 Å². The van der Waals surface area contributed by atoms with Crippen LogP contribution in [0.15, 0.2) is 65.8 Å². The Kier molecular flexibility index (Phi) is 9.16. The number of hydrazone groups is 1. The molecule has 2 N–H and O–H groups in total. The number of nitrogens with one attached hydrogen (secondary N) is 2. The van der Waals surface area contributed by atoms with Crippen LogP contribution in [0.25, 0.3) is 0 Å². The van der Waals surface area contributed by atoms with Crippen LogP contribution in [0.5, 0.6) is 11.5 Å². The van der Waals surface area contributed by atoms with Crippen LogP contribution in [-0.4, -0.2) is 31.2 Å². The van der Waals surface area contributed by atoms with Gasteiger partial charge in [-0.25, -0.2) is 5.43 Å². The molecule has 3 aromatic carbocycles. The Morgan fingerprint density at radius 1 is 0.941 bits per heavy atom. The molecule has 0 aromatic heterocycles. The first-order chi connectivity index (χ1) is 16.3. The van der Waals surface area contributed by atoms with Gasteiger partial charge in [-0.3, -0.25) is 9.59 Å². The van der Waals surface area contributed by atoms with Crippen LogP contribution in [0.1, 0.15) is 11.1 Å². The molecule has 0 spiro atoms. The van der Waals surface area contributed by atoms with E-state index >= 15 is 0 Å². The van der Waals surface area contributed by atoms with Crippen molar-refractivity contribution < 1.29 is 19.1 Å². The summed E-state index contributed by atoms with van der Waals surface area (Å²) in [6.45, 7) is 1.46. The third-order valence-electron chi connectivity index (χ3n) is 4.39. The van der Waals surface area contributed by atoms with Gasteiger partial charge in [-0.2, -0.15) is 5.10 Å². The largest absolute Gasteiger partial charge is 0.484 e. The lowest BCUT2D eigenvalue weighted by molar-refractivity contribution is -0.123. The smallest absolute Gasteiger partial charge is 0.277 e. The number of para-hydroxylation sites is 1. The number of halogens is 3. The molecular formula is C24H20Cl3N3O4. The van der Waals surface area contributed by atoms with Crippen LogP contribution in [-0.2, 0) is 9.59 Å². The van der Waals surface area contributed by atoms with E-state index in [9.17, 15) is 9.59 Å². The highest BCUT2D eigenvalue weighted by atomic mass is 35.5. The fraction of sp³-hybridized carbons (Fsp3) is 0.125. The molecule has 0 aliphatic heterocycles. The predicted octanol–water partition coefficient (Wildman–Crippen LogP) is 5.50. The van der Waals surface area contributed by atoms with Gasteiger partial charge >= 0.3 is 0 Å². The normalized spacial score (nSPS) is 10.7. The number of carbonyl (C=O) groups is 2. The second-order valence-corrected chi connectivity index (χ2v) is 8.22. The van der Waals surface area contributed by atoms with E-state index in [4.69, 9.17) is 44.3 Å². The first kappa shape index (κ1) is 25.4. The first-order valence-corrected chi connectivity index (χ1v) is 11.1. The highest BCUT2D eigenvalue weighted by molar-refractivity contribution is 6.44. The van der Waals surface area contributed by atoms with E-state index in [-0.39, 0.29) is 34.9 Å². The fourth-order valence-corrected chi connectivity index (χ4v) is 3.33. The summed E-state index contributed by atoms with van der Waals surface area (Å²) in [5.74, 6) is -0.0395. The fourth-order valence-electron chi connectivity index (χ4n) is 2.69. The lowest BCUT2D eigenvalue weighted by Crippen LogP contribution is -2.24. The molecule has 3 rings (SSSR count). The number of nitrogens with zero attached hydrogens (tertiary/aromatic N) is 1. The van der Waals surface area contributed by atoms with Gasteiger partial charge in [-0.05, 0) is 54.4 Å². The first-order valence-electron chi connectivity index (χ1n) is 9.99. The SMILES string of the molecule is Cc1ccccc1NC(=O)COc1ccc(/C=N\NC(=O)COc2cc(Cl)cc(Cl)c2Cl)cc1. The third kappa shape index (κ3) is 7.66. The predicted molar refractivity (Wildman–Crippen MR) is 134 cm³/mol. The number of benzene rings is 3. The van der Waals surface area contributed by atoms with E-state index in [0.717, 1.165) is 11.3 Å². The second-order valence-electron chi connectivity index (χ2n) is 7.00. The van der Waals surface area contributed by atoms with Crippen LogP contribution in [0.2, 0.25) is 15.1 Å². The maximum absolute atomic E-state index is 12.1. The highest BCUT2D eigenvalue weighted by Crippen LogP contribution is 2.35. The van der Waals surface area contributed by atoms with Crippen LogP contribution in [0, 0.1) is 6.92 Å². The molecule has 2 amide bonds. The quantitative estimate of drug-likeness (QED) is 0.221. The van der Waals surface area contributed by atoms with E-state index < -0.39 is 5.91 Å². The maximum Gasteiger partial charge on any atom is 0.277 e. The summed E-state index contributed by atoms with van der Waals surface area (Å²) in [5.41, 5.74) is 4.77. The Balaban J connectivity index is 1.42. The van der Waals surface area contributed by atoms with Gasteiger partial charge < -0.3 is 14.8 Å². The average Bonchev–Trinajstić information content (AvgIpc) is 2.81. The number of aryl methyl sites for hydroxylation is 1. The molecule has 0 bridgehead atoms. The Hall–Kier alpha value is -3.26. The van der Waals surface area contributed by atoms with Crippen molar-refractivity contribution in [2.75, 3.05) is 18.5 Å². The summed E-state index contributed by atoms with van der Waals surface area (Å²) in [7, 11) is 0. The molecule has 176 valence electrons. The molecule has 7 nitrogen and oxygen atoms in total. The van der Waals surface area contributed by atoms with E-state index in [0.29, 0.717) is 16.3 Å². The molecule has 3 aromatic rings. The van der Waals surface area contributed by atoms with Crippen molar-refractivity contribution in [3.8, 4) is 11.5 Å². The molecule has 0 fully saturated rings. The molecular weight excluding hydrogens is 501 g/mol. The third-order valence-corrected chi connectivity index (χ3v) is 5.39. The van der Waals surface area contributed by atoms with Gasteiger partial charge in [0.05, 0.1) is 11.2 Å². The summed E-state index contributed by atoms with van der Waals surface area (Å²) < 4.78 is 10.8. The minimum atomic E-state index is -0.497. The summed E-state index contributed by atoms with van der Waals surface area (Å²) in [6.07, 6.45) is 1.45.